The number of pyridine rings is 1. The van der Waals surface area contributed by atoms with Crippen LogP contribution in [0.1, 0.15) is 73.6 Å². The summed E-state index contributed by atoms with van der Waals surface area (Å²) in [5.41, 5.74) is 3.09. The number of hydrogen-bond donors (Lipinski definition) is 1. The van der Waals surface area contributed by atoms with Gasteiger partial charge in [-0.05, 0) is 74.3 Å². The molecule has 1 fully saturated rings. The van der Waals surface area contributed by atoms with Crippen LogP contribution in [-0.4, -0.2) is 52.9 Å². The highest BCUT2D eigenvalue weighted by Crippen LogP contribution is 2.32. The number of hydrogen-bond acceptors (Lipinski definition) is 8. The largest absolute Gasteiger partial charge is 0.489 e. The molecule has 1 saturated carbocycles. The molecule has 48 heavy (non-hydrogen) atoms. The molecule has 0 unspecified atom stereocenters. The van der Waals surface area contributed by atoms with Gasteiger partial charge < -0.3 is 14.4 Å². The van der Waals surface area contributed by atoms with Crippen LogP contribution in [0.15, 0.2) is 65.7 Å². The first kappa shape index (κ1) is 33.3. The zero-order valence-corrected chi connectivity index (χ0v) is 28.6. The van der Waals surface area contributed by atoms with Gasteiger partial charge in [-0.3, -0.25) is 9.78 Å². The molecule has 12 heteroatoms. The highest BCUT2D eigenvalue weighted by molar-refractivity contribution is 7.92. The Balaban J connectivity index is 1.45. The molecular weight excluding hydrogens is 633 g/mol. The van der Waals surface area contributed by atoms with Crippen molar-refractivity contribution in [2.24, 2.45) is 5.41 Å². The number of nitrogens with zero attached hydrogens (tertiary/aromatic N) is 4. The van der Waals surface area contributed by atoms with Crippen LogP contribution in [0, 0.1) is 25.1 Å². The standard InChI is InChI=1S/C36H40FN5O5S/c1-22-9-6-10-23(2)33(22)30-17-32-40-35(39-30)41-48(44,45)28-14-7-11-24(15-28)34(43)42(25(21-46-32)18-36(3,4)5)20-31-29(37)16-27(19-38-31)47-26-12-8-13-26/h6-7,9-11,14-17,19,25-26H,8,12-13,18,20-21H2,1-5H3,(H,39,40,41)/t25-/m1/s1. The summed E-state index contributed by atoms with van der Waals surface area (Å²) in [7, 11) is -4.23. The monoisotopic (exact) mass is 673 g/mol. The molecule has 4 aromatic rings. The van der Waals surface area contributed by atoms with Gasteiger partial charge >= 0.3 is 0 Å². The fourth-order valence-corrected chi connectivity index (χ4v) is 7.01. The second-order valence-corrected chi connectivity index (χ2v) is 15.4. The lowest BCUT2D eigenvalue weighted by Crippen LogP contribution is -2.45. The third-order valence-electron chi connectivity index (χ3n) is 8.60. The van der Waals surface area contributed by atoms with Crippen molar-refractivity contribution < 1.29 is 27.1 Å². The number of ether oxygens (including phenoxy) is 2. The van der Waals surface area contributed by atoms with Crippen molar-refractivity contribution in [2.45, 2.75) is 83.9 Å². The molecule has 2 aromatic carbocycles. The van der Waals surface area contributed by atoms with Gasteiger partial charge in [0.05, 0.1) is 41.2 Å². The number of carbonyl (C=O) groups is 1. The fraction of sp³-hybridized carbons (Fsp3) is 0.389. The minimum absolute atomic E-state index is 0.0113. The van der Waals surface area contributed by atoms with Gasteiger partial charge in [0.2, 0.25) is 11.8 Å². The Morgan fingerprint density at radius 3 is 2.44 bits per heavy atom. The lowest BCUT2D eigenvalue weighted by molar-refractivity contribution is 0.0506. The normalized spacial score (nSPS) is 18.0. The van der Waals surface area contributed by atoms with Crippen molar-refractivity contribution in [3.05, 3.63) is 89.0 Å². The highest BCUT2D eigenvalue weighted by atomic mass is 32.2. The number of carbonyl (C=O) groups excluding carboxylic acids is 1. The summed E-state index contributed by atoms with van der Waals surface area (Å²) < 4.78 is 57.5. The van der Waals surface area contributed by atoms with E-state index in [-0.39, 0.29) is 52.7 Å². The maximum absolute atomic E-state index is 15.6. The number of amides is 1. The zero-order valence-electron chi connectivity index (χ0n) is 27.8. The minimum Gasteiger partial charge on any atom is -0.489 e. The van der Waals surface area contributed by atoms with Gasteiger partial charge in [-0.15, -0.1) is 0 Å². The number of benzene rings is 2. The van der Waals surface area contributed by atoms with E-state index in [1.54, 1.807) is 6.07 Å². The molecule has 1 atom stereocenters. The van der Waals surface area contributed by atoms with Crippen LogP contribution in [0.4, 0.5) is 10.3 Å². The van der Waals surface area contributed by atoms with E-state index >= 15 is 4.39 Å². The summed E-state index contributed by atoms with van der Waals surface area (Å²) >= 11 is 0. The van der Waals surface area contributed by atoms with Gasteiger partial charge in [-0.2, -0.15) is 4.98 Å². The predicted molar refractivity (Wildman–Crippen MR) is 180 cm³/mol. The van der Waals surface area contributed by atoms with Gasteiger partial charge in [0, 0.05) is 23.3 Å². The number of nitrogens with one attached hydrogen (secondary N) is 1. The van der Waals surface area contributed by atoms with E-state index in [4.69, 9.17) is 9.47 Å². The fourth-order valence-electron chi connectivity index (χ4n) is 6.02. The van der Waals surface area contributed by atoms with E-state index in [1.807, 2.05) is 52.8 Å². The lowest BCUT2D eigenvalue weighted by atomic mass is 9.87. The lowest BCUT2D eigenvalue weighted by Gasteiger charge is -2.35. The number of aryl methyl sites for hydroxylation is 2. The summed E-state index contributed by atoms with van der Waals surface area (Å²) in [6, 6.07) is 14.0. The smallest absolute Gasteiger partial charge is 0.264 e. The van der Waals surface area contributed by atoms with E-state index < -0.39 is 27.8 Å². The zero-order chi connectivity index (χ0) is 34.2. The van der Waals surface area contributed by atoms with Crippen molar-refractivity contribution in [1.29, 1.82) is 0 Å². The van der Waals surface area contributed by atoms with E-state index in [2.05, 4.69) is 19.7 Å². The Kier molecular flexibility index (Phi) is 9.12. The molecule has 4 bridgehead atoms. The molecule has 2 aromatic heterocycles. The first-order valence-corrected chi connectivity index (χ1v) is 17.6. The van der Waals surface area contributed by atoms with E-state index in [1.165, 1.54) is 41.4 Å². The van der Waals surface area contributed by atoms with E-state index in [9.17, 15) is 13.2 Å². The molecule has 0 spiro atoms. The molecule has 252 valence electrons. The summed E-state index contributed by atoms with van der Waals surface area (Å²) in [6.07, 6.45) is 4.93. The third-order valence-corrected chi connectivity index (χ3v) is 9.92. The average molecular weight is 674 g/mol. The SMILES string of the molecule is Cc1cccc(C)c1-c1cc2nc(n1)NS(=O)(=O)c1cccc(c1)C(=O)N(Cc1ncc(OC3CCC3)cc1F)[C@H](CC(C)(C)C)CO2. The Morgan fingerprint density at radius 1 is 1.04 bits per heavy atom. The molecule has 1 amide bonds. The van der Waals surface area contributed by atoms with Crippen LogP contribution in [-0.2, 0) is 16.6 Å². The molecule has 0 radical (unpaired) electrons. The summed E-state index contributed by atoms with van der Waals surface area (Å²) in [4.78, 5) is 29.1. The Hall–Kier alpha value is -4.58. The van der Waals surface area contributed by atoms with Crippen LogP contribution in [0.5, 0.6) is 11.6 Å². The van der Waals surface area contributed by atoms with Crippen LogP contribution < -0.4 is 14.2 Å². The molecule has 6 rings (SSSR count). The Bertz CT molecular complexity index is 1940. The van der Waals surface area contributed by atoms with Crippen molar-refractivity contribution >= 4 is 21.9 Å². The first-order valence-electron chi connectivity index (χ1n) is 16.1. The average Bonchev–Trinajstić information content (AvgIpc) is 2.99. The maximum atomic E-state index is 15.6. The highest BCUT2D eigenvalue weighted by Gasteiger charge is 2.32. The molecule has 0 saturated heterocycles. The number of sulfonamides is 1. The second kappa shape index (κ2) is 13.1. The summed E-state index contributed by atoms with van der Waals surface area (Å²) in [6.45, 7) is 9.83. The molecule has 1 aliphatic carbocycles. The Morgan fingerprint density at radius 2 is 1.77 bits per heavy atom. The number of fused-ring (bicyclic) bond motifs is 4. The first-order chi connectivity index (χ1) is 22.8. The quantitative estimate of drug-likeness (QED) is 0.235. The van der Waals surface area contributed by atoms with Crippen molar-refractivity contribution in [1.82, 2.24) is 19.9 Å². The summed E-state index contributed by atoms with van der Waals surface area (Å²) in [5, 5.41) is 0. The number of anilines is 1. The van der Waals surface area contributed by atoms with Crippen LogP contribution in [0.25, 0.3) is 11.3 Å². The van der Waals surface area contributed by atoms with Gasteiger partial charge in [-0.25, -0.2) is 22.5 Å². The maximum Gasteiger partial charge on any atom is 0.264 e. The van der Waals surface area contributed by atoms with Crippen molar-refractivity contribution in [2.75, 3.05) is 11.3 Å². The number of halogens is 1. The topological polar surface area (TPSA) is 124 Å². The Labute approximate surface area is 280 Å². The molecule has 2 aliphatic rings. The van der Waals surface area contributed by atoms with E-state index in [0.29, 0.717) is 17.9 Å². The van der Waals surface area contributed by atoms with Crippen molar-refractivity contribution in [3.63, 3.8) is 0 Å². The van der Waals surface area contributed by atoms with Gasteiger partial charge in [-0.1, -0.05) is 45.0 Å². The number of aromatic nitrogens is 3. The minimum atomic E-state index is -4.23. The van der Waals surface area contributed by atoms with Gasteiger partial charge in [0.1, 0.15) is 18.2 Å². The molecule has 10 nitrogen and oxygen atoms in total. The third kappa shape index (κ3) is 7.43. The van der Waals surface area contributed by atoms with Crippen LogP contribution in [0.2, 0.25) is 0 Å². The number of rotatable bonds is 6. The van der Waals surface area contributed by atoms with Crippen molar-refractivity contribution in [3.8, 4) is 22.9 Å². The molecular formula is C36H40FN5O5S. The van der Waals surface area contributed by atoms with Crippen LogP contribution in [0.3, 0.4) is 0 Å². The second-order valence-electron chi connectivity index (χ2n) is 13.7. The molecule has 1 aliphatic heterocycles. The predicted octanol–water partition coefficient (Wildman–Crippen LogP) is 6.87. The van der Waals surface area contributed by atoms with E-state index in [0.717, 1.165) is 36.0 Å². The van der Waals surface area contributed by atoms with Gasteiger partial charge in [0.25, 0.3) is 15.9 Å². The van der Waals surface area contributed by atoms with Gasteiger partial charge in [0.15, 0.2) is 0 Å². The molecule has 3 heterocycles. The van der Waals surface area contributed by atoms with Crippen LogP contribution >= 0.6 is 0 Å². The molecule has 1 N–H and O–H groups in total. The summed E-state index contributed by atoms with van der Waals surface area (Å²) in [5.74, 6) is -0.789.